The van der Waals surface area contributed by atoms with E-state index in [1.807, 2.05) is 44.2 Å². The highest BCUT2D eigenvalue weighted by Gasteiger charge is 2.59. The van der Waals surface area contributed by atoms with Crippen LogP contribution in [0.1, 0.15) is 67.7 Å². The van der Waals surface area contributed by atoms with Gasteiger partial charge in [-0.3, -0.25) is 0 Å². The number of rotatable bonds is 0. The molecule has 36 heavy (non-hydrogen) atoms. The first-order valence-electron chi connectivity index (χ1n) is 12.6. The molecular formula is C30H28O6. The third-order valence-corrected chi connectivity index (χ3v) is 8.69. The van der Waals surface area contributed by atoms with Gasteiger partial charge in [0, 0.05) is 17.8 Å². The number of hydrogen-bond donors (Lipinski definition) is 0. The molecule has 0 N–H and O–H groups in total. The van der Waals surface area contributed by atoms with E-state index >= 15 is 0 Å². The highest BCUT2D eigenvalue weighted by molar-refractivity contribution is 5.89. The molecule has 1 saturated carbocycles. The van der Waals surface area contributed by atoms with Gasteiger partial charge in [0.2, 0.25) is 0 Å². The molecule has 0 amide bonds. The van der Waals surface area contributed by atoms with Crippen molar-refractivity contribution in [3.63, 3.8) is 0 Å². The van der Waals surface area contributed by atoms with Crippen LogP contribution >= 0.6 is 0 Å². The molecule has 6 heteroatoms. The summed E-state index contributed by atoms with van der Waals surface area (Å²) in [7, 11) is 0. The zero-order valence-corrected chi connectivity index (χ0v) is 21.1. The standard InChI is InChI=1S/C30H28O6/c1-14-8-6-10-18-20(14)25-22(27(31)33-18)16-12-30(5)13-17(24(16)29(3,4)35-25)23-26(36-30)21-15(2)9-7-11-19(21)34-28(23)32/h6-11,16-17,24H,12-13H2,1-5H3/t16-,17+,24-,30-/m1/s1. The van der Waals surface area contributed by atoms with Gasteiger partial charge in [-0.25, -0.2) is 9.59 Å². The molecule has 0 saturated heterocycles. The Morgan fingerprint density at radius 2 is 1.19 bits per heavy atom. The quantitative estimate of drug-likeness (QED) is 0.280. The van der Waals surface area contributed by atoms with Crippen LogP contribution in [0.4, 0.5) is 0 Å². The molecule has 0 unspecified atom stereocenters. The molecule has 1 aliphatic carbocycles. The maximum absolute atomic E-state index is 13.4. The van der Waals surface area contributed by atoms with Gasteiger partial charge in [0.15, 0.2) is 0 Å². The molecule has 184 valence electrons. The maximum atomic E-state index is 13.4. The normalized spacial score (nSPS) is 27.5. The monoisotopic (exact) mass is 484 g/mol. The highest BCUT2D eigenvalue weighted by atomic mass is 16.5. The second-order valence-electron chi connectivity index (χ2n) is 11.6. The Kier molecular flexibility index (Phi) is 4.11. The number of aryl methyl sites for hydroxylation is 2. The molecule has 1 fully saturated rings. The van der Waals surface area contributed by atoms with Crippen LogP contribution in [0.5, 0.6) is 11.5 Å². The van der Waals surface area contributed by atoms with E-state index in [1.165, 1.54) is 0 Å². The summed E-state index contributed by atoms with van der Waals surface area (Å²) in [5, 5.41) is 1.68. The second kappa shape index (κ2) is 6.81. The van der Waals surface area contributed by atoms with Crippen molar-refractivity contribution in [3.05, 3.63) is 79.5 Å². The van der Waals surface area contributed by atoms with Gasteiger partial charge in [-0.2, -0.15) is 0 Å². The van der Waals surface area contributed by atoms with Crippen LogP contribution in [0.2, 0.25) is 0 Å². The summed E-state index contributed by atoms with van der Waals surface area (Å²) in [5.74, 6) is 0.727. The van der Waals surface area contributed by atoms with Crippen molar-refractivity contribution >= 4 is 21.9 Å². The van der Waals surface area contributed by atoms with Gasteiger partial charge in [-0.1, -0.05) is 24.3 Å². The molecule has 0 spiro atoms. The Balaban J connectivity index is 1.53. The summed E-state index contributed by atoms with van der Waals surface area (Å²) in [4.78, 5) is 26.9. The Morgan fingerprint density at radius 3 is 1.69 bits per heavy atom. The average Bonchev–Trinajstić information content (AvgIpc) is 2.77. The first-order chi connectivity index (χ1) is 17.1. The molecule has 4 heterocycles. The van der Waals surface area contributed by atoms with E-state index in [-0.39, 0.29) is 29.0 Å². The lowest BCUT2D eigenvalue weighted by Crippen LogP contribution is -2.58. The zero-order valence-electron chi connectivity index (χ0n) is 21.1. The lowest BCUT2D eigenvalue weighted by atomic mass is 9.56. The number of fused-ring (bicyclic) bond motifs is 12. The van der Waals surface area contributed by atoms with Gasteiger partial charge < -0.3 is 18.3 Å². The van der Waals surface area contributed by atoms with Crippen molar-refractivity contribution in [1.82, 2.24) is 0 Å². The average molecular weight is 485 g/mol. The van der Waals surface area contributed by atoms with Crippen LogP contribution in [0.3, 0.4) is 0 Å². The molecule has 4 aromatic rings. The fourth-order valence-electron chi connectivity index (χ4n) is 7.39. The molecule has 2 aromatic heterocycles. The predicted molar refractivity (Wildman–Crippen MR) is 136 cm³/mol. The first kappa shape index (κ1) is 21.7. The Labute approximate surface area is 207 Å². The molecule has 0 radical (unpaired) electrons. The van der Waals surface area contributed by atoms with E-state index in [0.717, 1.165) is 21.9 Å². The van der Waals surface area contributed by atoms with Crippen molar-refractivity contribution in [2.45, 2.75) is 70.5 Å². The van der Waals surface area contributed by atoms with Crippen LogP contribution in [0.25, 0.3) is 21.9 Å². The SMILES string of the molecule is Cc1cccc2oc(=O)c3c(c12)OC(C)(C)[C@@H]1[C@@H]3C[C@]2(C)C[C@H]1c1c(c3c(C)cccc3oc1=O)O2. The summed E-state index contributed by atoms with van der Waals surface area (Å²) >= 11 is 0. The fourth-order valence-corrected chi connectivity index (χ4v) is 7.39. The lowest BCUT2D eigenvalue weighted by Gasteiger charge is -2.56. The largest absolute Gasteiger partial charge is 0.486 e. The van der Waals surface area contributed by atoms with Gasteiger partial charge >= 0.3 is 11.3 Å². The molecule has 4 atom stereocenters. The molecule has 2 aliphatic heterocycles. The van der Waals surface area contributed by atoms with Crippen molar-refractivity contribution in [2.24, 2.45) is 5.92 Å². The van der Waals surface area contributed by atoms with Crippen molar-refractivity contribution in [2.75, 3.05) is 0 Å². The van der Waals surface area contributed by atoms with E-state index in [1.54, 1.807) is 6.07 Å². The van der Waals surface area contributed by atoms with Crippen molar-refractivity contribution in [1.29, 1.82) is 0 Å². The highest BCUT2D eigenvalue weighted by Crippen LogP contribution is 2.62. The number of benzene rings is 2. The predicted octanol–water partition coefficient (Wildman–Crippen LogP) is 6.12. The number of hydrogen-bond acceptors (Lipinski definition) is 6. The third kappa shape index (κ3) is 2.73. The van der Waals surface area contributed by atoms with Gasteiger partial charge in [-0.05, 0) is 70.7 Å². The Hall–Kier alpha value is -3.54. The molecular weight excluding hydrogens is 456 g/mol. The van der Waals surface area contributed by atoms with Gasteiger partial charge in [0.25, 0.3) is 0 Å². The smallest absolute Gasteiger partial charge is 0.343 e. The van der Waals surface area contributed by atoms with E-state index in [4.69, 9.17) is 18.3 Å². The fraction of sp³-hybridized carbons (Fsp3) is 0.400. The van der Waals surface area contributed by atoms with Crippen molar-refractivity contribution < 1.29 is 18.3 Å². The minimum atomic E-state index is -0.644. The van der Waals surface area contributed by atoms with E-state index < -0.39 is 11.2 Å². The van der Waals surface area contributed by atoms with Gasteiger partial charge in [0.05, 0.1) is 21.9 Å². The topological polar surface area (TPSA) is 78.9 Å². The summed E-state index contributed by atoms with van der Waals surface area (Å²) < 4.78 is 25.1. The maximum Gasteiger partial charge on any atom is 0.343 e. The van der Waals surface area contributed by atoms with Crippen LogP contribution in [0.15, 0.2) is 54.8 Å². The van der Waals surface area contributed by atoms with Gasteiger partial charge in [-0.15, -0.1) is 0 Å². The molecule has 3 aliphatic rings. The third-order valence-electron chi connectivity index (χ3n) is 8.69. The minimum Gasteiger partial charge on any atom is -0.486 e. The summed E-state index contributed by atoms with van der Waals surface area (Å²) in [6.07, 6.45) is 1.28. The molecule has 7 rings (SSSR count). The van der Waals surface area contributed by atoms with E-state index in [9.17, 15) is 9.59 Å². The number of ether oxygens (including phenoxy) is 2. The van der Waals surface area contributed by atoms with Gasteiger partial charge in [0.1, 0.15) is 33.9 Å². The Morgan fingerprint density at radius 1 is 0.722 bits per heavy atom. The second-order valence-corrected chi connectivity index (χ2v) is 11.6. The minimum absolute atomic E-state index is 0.130. The Bertz CT molecular complexity index is 1620. The van der Waals surface area contributed by atoms with Crippen LogP contribution in [-0.2, 0) is 0 Å². The van der Waals surface area contributed by atoms with E-state index in [2.05, 4.69) is 20.8 Å². The first-order valence-corrected chi connectivity index (χ1v) is 12.6. The van der Waals surface area contributed by atoms with Crippen molar-refractivity contribution in [3.8, 4) is 11.5 Å². The summed E-state index contributed by atoms with van der Waals surface area (Å²) in [6.45, 7) is 10.2. The van der Waals surface area contributed by atoms with Crippen LogP contribution in [0, 0.1) is 19.8 Å². The zero-order chi connectivity index (χ0) is 25.1. The molecule has 2 aromatic carbocycles. The lowest BCUT2D eigenvalue weighted by molar-refractivity contribution is -0.0807. The van der Waals surface area contributed by atoms with E-state index in [0.29, 0.717) is 46.6 Å². The molecule has 2 bridgehead atoms. The van der Waals surface area contributed by atoms with Crippen LogP contribution in [-0.4, -0.2) is 11.2 Å². The summed E-state index contributed by atoms with van der Waals surface area (Å²) in [6, 6.07) is 11.4. The van der Waals surface area contributed by atoms with Crippen LogP contribution < -0.4 is 20.7 Å². The summed E-state index contributed by atoms with van der Waals surface area (Å²) in [5.41, 5.74) is 2.22. The molecule has 6 nitrogen and oxygen atoms in total.